The maximum Gasteiger partial charge on any atom is 0.573 e. The molecule has 0 radical (unpaired) electrons. The number of rotatable bonds is 6. The van der Waals surface area contributed by atoms with Gasteiger partial charge in [-0.2, -0.15) is 13.2 Å². The topological polar surface area (TPSA) is 93.7 Å². The van der Waals surface area contributed by atoms with E-state index in [-0.39, 0.29) is 5.69 Å². The van der Waals surface area contributed by atoms with Gasteiger partial charge in [-0.05, 0) is 43.2 Å². The Bertz CT molecular complexity index is 1130. The fraction of sp³-hybridized carbons (Fsp3) is 0.316. The first-order chi connectivity index (χ1) is 15.2. The summed E-state index contributed by atoms with van der Waals surface area (Å²) in [6, 6.07) is 5.52. The Morgan fingerprint density at radius 2 is 1.79 bits per heavy atom. The third-order valence-corrected chi connectivity index (χ3v) is 5.77. The quantitative estimate of drug-likeness (QED) is 0.572. The number of sulfonamides is 1. The van der Waals surface area contributed by atoms with E-state index in [1.807, 2.05) is 0 Å². The van der Waals surface area contributed by atoms with Crippen LogP contribution in [-0.4, -0.2) is 33.4 Å². The van der Waals surface area contributed by atoms with E-state index in [0.29, 0.717) is 31.6 Å². The van der Waals surface area contributed by atoms with E-state index >= 15 is 0 Å². The third-order valence-electron chi connectivity index (χ3n) is 4.41. The maximum atomic E-state index is 13.6. The normalized spacial score (nSPS) is 17.0. The van der Waals surface area contributed by atoms with Crippen molar-refractivity contribution in [1.29, 1.82) is 0 Å². The number of hydrogen-bond acceptors (Lipinski definition) is 5. The first kappa shape index (κ1) is 24.6. The molecule has 3 rings (SSSR count). The highest BCUT2D eigenvalue weighted by Gasteiger charge is 2.36. The lowest BCUT2D eigenvalue weighted by Gasteiger charge is -2.17. The second kappa shape index (κ2) is 9.09. The van der Waals surface area contributed by atoms with Crippen LogP contribution >= 0.6 is 0 Å². The molecule has 2 N–H and O–H groups in total. The van der Waals surface area contributed by atoms with Crippen molar-refractivity contribution < 1.29 is 49.0 Å². The minimum Gasteiger partial charge on any atom is -0.406 e. The highest BCUT2D eigenvalue weighted by atomic mass is 32.2. The van der Waals surface area contributed by atoms with Gasteiger partial charge in [-0.3, -0.25) is 9.52 Å². The maximum absolute atomic E-state index is 13.6. The van der Waals surface area contributed by atoms with Crippen molar-refractivity contribution in [3.63, 3.8) is 0 Å². The fourth-order valence-electron chi connectivity index (χ4n) is 2.99. The Balaban J connectivity index is 1.87. The zero-order chi connectivity index (χ0) is 24.4. The molecule has 2 aromatic carbocycles. The summed E-state index contributed by atoms with van der Waals surface area (Å²) in [7, 11) is -4.73. The number of hydrogen-bond donors (Lipinski definition) is 2. The molecule has 1 heterocycles. The monoisotopic (exact) mass is 498 g/mol. The van der Waals surface area contributed by atoms with Crippen LogP contribution in [-0.2, 0) is 25.7 Å². The van der Waals surface area contributed by atoms with Crippen LogP contribution in [0.3, 0.4) is 0 Å². The molecule has 0 saturated carbocycles. The van der Waals surface area contributed by atoms with Gasteiger partial charge in [0.2, 0.25) is 0 Å². The number of carbonyl (C=O) groups is 1. The molecule has 14 heteroatoms. The SMILES string of the molecule is O=C(Nc1ccc(NS(=O)(=O)c2cccc(OC(F)(F)F)c2)c(C(F)(F)F)c1)C1CCCO1. The van der Waals surface area contributed by atoms with Crippen molar-refractivity contribution in [3.05, 3.63) is 48.0 Å². The van der Waals surface area contributed by atoms with Gasteiger partial charge < -0.3 is 14.8 Å². The number of ether oxygens (including phenoxy) is 2. The predicted molar refractivity (Wildman–Crippen MR) is 103 cm³/mol. The predicted octanol–water partition coefficient (Wildman–Crippen LogP) is 4.52. The summed E-state index contributed by atoms with van der Waals surface area (Å²) in [6.45, 7) is 0.349. The highest BCUT2D eigenvalue weighted by molar-refractivity contribution is 7.92. The van der Waals surface area contributed by atoms with Crippen molar-refractivity contribution in [3.8, 4) is 5.75 Å². The average molecular weight is 498 g/mol. The molecule has 7 nitrogen and oxygen atoms in total. The van der Waals surface area contributed by atoms with Crippen molar-refractivity contribution in [2.24, 2.45) is 0 Å². The molecular weight excluding hydrogens is 482 g/mol. The molecule has 2 aromatic rings. The van der Waals surface area contributed by atoms with E-state index < -0.39 is 56.5 Å². The van der Waals surface area contributed by atoms with E-state index in [0.717, 1.165) is 30.3 Å². The van der Waals surface area contributed by atoms with Crippen LogP contribution in [0.15, 0.2) is 47.4 Å². The molecule has 0 aromatic heterocycles. The van der Waals surface area contributed by atoms with Crippen molar-refractivity contribution in [2.45, 2.75) is 36.4 Å². The molecule has 1 fully saturated rings. The highest BCUT2D eigenvalue weighted by Crippen LogP contribution is 2.38. The number of nitrogens with one attached hydrogen (secondary N) is 2. The van der Waals surface area contributed by atoms with Crippen LogP contribution in [0.1, 0.15) is 18.4 Å². The Kier molecular flexibility index (Phi) is 6.79. The first-order valence-electron chi connectivity index (χ1n) is 9.27. The van der Waals surface area contributed by atoms with Crippen LogP contribution in [0.4, 0.5) is 37.7 Å². The van der Waals surface area contributed by atoms with Crippen LogP contribution < -0.4 is 14.8 Å². The van der Waals surface area contributed by atoms with Crippen molar-refractivity contribution in [1.82, 2.24) is 0 Å². The second-order valence-corrected chi connectivity index (χ2v) is 8.56. The Morgan fingerprint density at radius 3 is 2.39 bits per heavy atom. The molecule has 1 amide bonds. The smallest absolute Gasteiger partial charge is 0.406 e. The molecule has 1 saturated heterocycles. The van der Waals surface area contributed by atoms with Gasteiger partial charge in [0.05, 0.1) is 16.1 Å². The molecule has 180 valence electrons. The average Bonchev–Trinajstić information content (AvgIpc) is 3.22. The lowest BCUT2D eigenvalue weighted by Crippen LogP contribution is -2.27. The number of carbonyl (C=O) groups excluding carboxylic acids is 1. The number of amides is 1. The molecule has 0 aliphatic carbocycles. The number of benzene rings is 2. The van der Waals surface area contributed by atoms with Crippen molar-refractivity contribution >= 4 is 27.3 Å². The summed E-state index contributed by atoms with van der Waals surface area (Å²) in [6.07, 6.45) is -9.88. The molecule has 0 bridgehead atoms. The number of alkyl halides is 6. The lowest BCUT2D eigenvalue weighted by atomic mass is 10.1. The van der Waals surface area contributed by atoms with Gasteiger partial charge >= 0.3 is 12.5 Å². The van der Waals surface area contributed by atoms with Gasteiger partial charge in [0.15, 0.2) is 0 Å². The van der Waals surface area contributed by atoms with Gasteiger partial charge in [-0.15, -0.1) is 13.2 Å². The van der Waals surface area contributed by atoms with E-state index in [9.17, 15) is 39.6 Å². The first-order valence-corrected chi connectivity index (χ1v) is 10.8. The van der Waals surface area contributed by atoms with Crippen LogP contribution in [0.2, 0.25) is 0 Å². The molecule has 1 aliphatic heterocycles. The minimum absolute atomic E-state index is 0.244. The zero-order valence-corrected chi connectivity index (χ0v) is 17.3. The number of halogens is 6. The van der Waals surface area contributed by atoms with Gasteiger partial charge in [-0.1, -0.05) is 6.07 Å². The van der Waals surface area contributed by atoms with Gasteiger partial charge in [-0.25, -0.2) is 8.42 Å². The third kappa shape index (κ3) is 6.51. The van der Waals surface area contributed by atoms with Gasteiger partial charge in [0.1, 0.15) is 11.9 Å². The molecule has 1 unspecified atom stereocenters. The summed E-state index contributed by atoms with van der Waals surface area (Å²) in [5.74, 6) is -1.51. The summed E-state index contributed by atoms with van der Waals surface area (Å²) in [4.78, 5) is 11.3. The molecule has 1 atom stereocenters. The van der Waals surface area contributed by atoms with Gasteiger partial charge in [0, 0.05) is 18.4 Å². The standard InChI is InChI=1S/C19H16F6N2O5S/c20-18(21,22)14-9-11(26-17(28)16-5-2-8-31-16)6-7-15(14)27-33(29,30)13-4-1-3-12(10-13)32-19(23,24)25/h1,3-4,6-7,9-10,16,27H,2,5,8H2,(H,26,28). The van der Waals surface area contributed by atoms with E-state index in [2.05, 4.69) is 10.1 Å². The summed E-state index contributed by atoms with van der Waals surface area (Å²) < 4.78 is 113. The molecule has 33 heavy (non-hydrogen) atoms. The Labute approximate surface area is 183 Å². The summed E-state index contributed by atoms with van der Waals surface area (Å²) in [5, 5.41) is 2.28. The van der Waals surface area contributed by atoms with Crippen LogP contribution in [0.5, 0.6) is 5.75 Å². The minimum atomic E-state index is -5.09. The van der Waals surface area contributed by atoms with E-state index in [1.54, 1.807) is 4.72 Å². The van der Waals surface area contributed by atoms with E-state index in [1.165, 1.54) is 0 Å². The van der Waals surface area contributed by atoms with Gasteiger partial charge in [0.25, 0.3) is 15.9 Å². The largest absolute Gasteiger partial charge is 0.573 e. The lowest BCUT2D eigenvalue weighted by molar-refractivity contribution is -0.274. The Hall–Kier alpha value is -3.00. The number of anilines is 2. The molecule has 1 aliphatic rings. The summed E-state index contributed by atoms with van der Waals surface area (Å²) in [5.41, 5.74) is -2.55. The van der Waals surface area contributed by atoms with E-state index in [4.69, 9.17) is 4.74 Å². The van der Waals surface area contributed by atoms with Crippen molar-refractivity contribution in [2.75, 3.05) is 16.6 Å². The second-order valence-electron chi connectivity index (χ2n) is 6.88. The van der Waals surface area contributed by atoms with Crippen LogP contribution in [0, 0.1) is 0 Å². The Morgan fingerprint density at radius 1 is 1.06 bits per heavy atom. The molecule has 0 spiro atoms. The molecular formula is C19H16F6N2O5S. The zero-order valence-electron chi connectivity index (χ0n) is 16.5. The fourth-order valence-corrected chi connectivity index (χ4v) is 4.11. The van der Waals surface area contributed by atoms with Crippen LogP contribution in [0.25, 0.3) is 0 Å². The summed E-state index contributed by atoms with van der Waals surface area (Å²) >= 11 is 0.